The van der Waals surface area contributed by atoms with Gasteiger partial charge in [0.05, 0.1) is 0 Å². The Labute approximate surface area is 121 Å². The minimum Gasteiger partial charge on any atom is -0.480 e. The van der Waals surface area contributed by atoms with E-state index in [9.17, 15) is 9.59 Å². The summed E-state index contributed by atoms with van der Waals surface area (Å²) in [5.74, 6) is -0.397. The standard InChI is InChI=1S/C14H27N3O3/c1-5-12(10(2)3)15-14(20)17-8-6-16(7-9-17)11(4)13(18)19/h10-12H,5-9H2,1-4H3,(H,15,20)(H,18,19). The lowest BCUT2D eigenvalue weighted by molar-refractivity contribution is -0.143. The monoisotopic (exact) mass is 285 g/mol. The molecule has 0 aliphatic carbocycles. The highest BCUT2D eigenvalue weighted by Crippen LogP contribution is 2.09. The molecule has 1 heterocycles. The Hall–Kier alpha value is -1.30. The maximum Gasteiger partial charge on any atom is 0.320 e. The summed E-state index contributed by atoms with van der Waals surface area (Å²) in [6.07, 6.45) is 0.916. The van der Waals surface area contributed by atoms with E-state index in [2.05, 4.69) is 26.1 Å². The van der Waals surface area contributed by atoms with Crippen LogP contribution in [0, 0.1) is 5.92 Å². The first kappa shape index (κ1) is 16.8. The van der Waals surface area contributed by atoms with Gasteiger partial charge >= 0.3 is 12.0 Å². The molecule has 116 valence electrons. The van der Waals surface area contributed by atoms with Gasteiger partial charge in [-0.15, -0.1) is 0 Å². The van der Waals surface area contributed by atoms with E-state index in [1.165, 1.54) is 0 Å². The van der Waals surface area contributed by atoms with E-state index in [0.29, 0.717) is 32.1 Å². The number of hydrogen-bond acceptors (Lipinski definition) is 3. The van der Waals surface area contributed by atoms with Crippen LogP contribution in [0.5, 0.6) is 0 Å². The zero-order valence-corrected chi connectivity index (χ0v) is 12.9. The molecule has 0 aromatic heterocycles. The minimum atomic E-state index is -0.811. The van der Waals surface area contributed by atoms with Gasteiger partial charge in [0.25, 0.3) is 0 Å². The summed E-state index contributed by atoms with van der Waals surface area (Å²) in [7, 11) is 0. The number of carboxylic acid groups (broad SMARTS) is 1. The summed E-state index contributed by atoms with van der Waals surface area (Å²) in [4.78, 5) is 26.8. The lowest BCUT2D eigenvalue weighted by Crippen LogP contribution is -2.56. The zero-order chi connectivity index (χ0) is 15.3. The highest BCUT2D eigenvalue weighted by molar-refractivity contribution is 5.75. The maximum absolute atomic E-state index is 12.2. The highest BCUT2D eigenvalue weighted by atomic mass is 16.4. The molecular weight excluding hydrogens is 258 g/mol. The molecule has 1 rings (SSSR count). The highest BCUT2D eigenvalue weighted by Gasteiger charge is 2.28. The molecule has 6 nitrogen and oxygen atoms in total. The topological polar surface area (TPSA) is 72.9 Å². The molecular formula is C14H27N3O3. The van der Waals surface area contributed by atoms with Crippen LogP contribution in [0.4, 0.5) is 4.79 Å². The molecule has 1 saturated heterocycles. The Bertz CT molecular complexity index is 339. The molecule has 0 radical (unpaired) electrons. The maximum atomic E-state index is 12.2. The van der Waals surface area contributed by atoms with E-state index in [0.717, 1.165) is 6.42 Å². The number of nitrogens with zero attached hydrogens (tertiary/aromatic N) is 2. The molecule has 2 atom stereocenters. The Morgan fingerprint density at radius 3 is 2.10 bits per heavy atom. The number of carbonyl (C=O) groups is 2. The Kier molecular flexibility index (Phi) is 6.26. The average molecular weight is 285 g/mol. The molecule has 1 aliphatic heterocycles. The summed E-state index contributed by atoms with van der Waals surface area (Å²) in [6.45, 7) is 10.3. The molecule has 0 aromatic rings. The molecule has 6 heteroatoms. The van der Waals surface area contributed by atoms with Gasteiger partial charge < -0.3 is 15.3 Å². The van der Waals surface area contributed by atoms with Crippen molar-refractivity contribution in [2.24, 2.45) is 5.92 Å². The second-order valence-corrected chi connectivity index (χ2v) is 5.75. The van der Waals surface area contributed by atoms with Gasteiger partial charge in [0.2, 0.25) is 0 Å². The summed E-state index contributed by atoms with van der Waals surface area (Å²) in [5.41, 5.74) is 0. The number of rotatable bonds is 5. The van der Waals surface area contributed by atoms with Crippen molar-refractivity contribution in [3.05, 3.63) is 0 Å². The van der Waals surface area contributed by atoms with E-state index < -0.39 is 12.0 Å². The molecule has 0 bridgehead atoms. The first-order valence-electron chi connectivity index (χ1n) is 7.39. The first-order valence-corrected chi connectivity index (χ1v) is 7.39. The van der Waals surface area contributed by atoms with E-state index in [-0.39, 0.29) is 12.1 Å². The smallest absolute Gasteiger partial charge is 0.320 e. The van der Waals surface area contributed by atoms with Gasteiger partial charge in [0.15, 0.2) is 0 Å². The van der Waals surface area contributed by atoms with Gasteiger partial charge in [-0.2, -0.15) is 0 Å². The van der Waals surface area contributed by atoms with E-state index in [1.54, 1.807) is 11.8 Å². The van der Waals surface area contributed by atoms with Gasteiger partial charge in [-0.3, -0.25) is 9.69 Å². The zero-order valence-electron chi connectivity index (χ0n) is 12.9. The first-order chi connectivity index (χ1) is 9.36. The summed E-state index contributed by atoms with van der Waals surface area (Å²) in [5, 5.41) is 12.0. The van der Waals surface area contributed by atoms with Gasteiger partial charge in [-0.05, 0) is 19.3 Å². The molecule has 0 saturated carbocycles. The average Bonchev–Trinajstić information content (AvgIpc) is 2.43. The molecule has 2 N–H and O–H groups in total. The van der Waals surface area contributed by atoms with Crippen LogP contribution in [-0.2, 0) is 4.79 Å². The van der Waals surface area contributed by atoms with Crippen LogP contribution < -0.4 is 5.32 Å². The number of carboxylic acids is 1. The Morgan fingerprint density at radius 2 is 1.70 bits per heavy atom. The third-order valence-corrected chi connectivity index (χ3v) is 4.06. The van der Waals surface area contributed by atoms with Gasteiger partial charge in [-0.1, -0.05) is 20.8 Å². The van der Waals surface area contributed by atoms with Crippen LogP contribution in [0.3, 0.4) is 0 Å². The van der Waals surface area contributed by atoms with Crippen molar-refractivity contribution in [2.75, 3.05) is 26.2 Å². The summed E-state index contributed by atoms with van der Waals surface area (Å²) >= 11 is 0. The molecule has 0 spiro atoms. The van der Waals surface area contributed by atoms with Crippen LogP contribution in [0.1, 0.15) is 34.1 Å². The summed E-state index contributed by atoms with van der Waals surface area (Å²) in [6, 6.07) is -0.328. The lowest BCUT2D eigenvalue weighted by atomic mass is 10.0. The van der Waals surface area contributed by atoms with Crippen LogP contribution in [-0.4, -0.2) is 65.2 Å². The van der Waals surface area contributed by atoms with Crippen LogP contribution in [0.15, 0.2) is 0 Å². The second kappa shape index (κ2) is 7.47. The summed E-state index contributed by atoms with van der Waals surface area (Å²) < 4.78 is 0. The fourth-order valence-electron chi connectivity index (χ4n) is 2.46. The van der Waals surface area contributed by atoms with E-state index in [1.807, 2.05) is 4.90 Å². The van der Waals surface area contributed by atoms with Crippen molar-refractivity contribution in [1.29, 1.82) is 0 Å². The van der Waals surface area contributed by atoms with E-state index >= 15 is 0 Å². The Balaban J connectivity index is 2.45. The van der Waals surface area contributed by atoms with Crippen molar-refractivity contribution in [3.8, 4) is 0 Å². The van der Waals surface area contributed by atoms with Crippen molar-refractivity contribution in [3.63, 3.8) is 0 Å². The van der Waals surface area contributed by atoms with Crippen LogP contribution >= 0.6 is 0 Å². The third kappa shape index (κ3) is 4.37. The third-order valence-electron chi connectivity index (χ3n) is 4.06. The van der Waals surface area contributed by atoms with Crippen molar-refractivity contribution < 1.29 is 14.7 Å². The van der Waals surface area contributed by atoms with Crippen molar-refractivity contribution in [2.45, 2.75) is 46.2 Å². The molecule has 2 amide bonds. The fraction of sp³-hybridized carbons (Fsp3) is 0.857. The van der Waals surface area contributed by atoms with Crippen molar-refractivity contribution in [1.82, 2.24) is 15.1 Å². The van der Waals surface area contributed by atoms with Crippen molar-refractivity contribution >= 4 is 12.0 Å². The van der Waals surface area contributed by atoms with Gasteiger partial charge in [0.1, 0.15) is 6.04 Å². The van der Waals surface area contributed by atoms with Crippen LogP contribution in [0.25, 0.3) is 0 Å². The van der Waals surface area contributed by atoms with Crippen LogP contribution in [0.2, 0.25) is 0 Å². The number of carbonyl (C=O) groups excluding carboxylic acids is 1. The quantitative estimate of drug-likeness (QED) is 0.796. The minimum absolute atomic E-state index is 0.0341. The fourth-order valence-corrected chi connectivity index (χ4v) is 2.46. The van der Waals surface area contributed by atoms with Gasteiger partial charge in [0, 0.05) is 32.2 Å². The number of hydrogen-bond donors (Lipinski definition) is 2. The van der Waals surface area contributed by atoms with Gasteiger partial charge in [-0.25, -0.2) is 4.79 Å². The number of amides is 2. The molecule has 1 aliphatic rings. The Morgan fingerprint density at radius 1 is 1.15 bits per heavy atom. The molecule has 0 aromatic carbocycles. The number of piperazine rings is 1. The number of urea groups is 1. The SMILES string of the molecule is CCC(NC(=O)N1CCN(C(C)C(=O)O)CC1)C(C)C. The lowest BCUT2D eigenvalue weighted by Gasteiger charge is -2.37. The molecule has 1 fully saturated rings. The number of aliphatic carboxylic acids is 1. The second-order valence-electron chi connectivity index (χ2n) is 5.75. The normalized spacial score (nSPS) is 19.8. The molecule has 20 heavy (non-hydrogen) atoms. The largest absolute Gasteiger partial charge is 0.480 e. The number of nitrogens with one attached hydrogen (secondary N) is 1. The molecule has 2 unspecified atom stereocenters. The predicted octanol–water partition coefficient (Wildman–Crippen LogP) is 1.22. The van der Waals surface area contributed by atoms with E-state index in [4.69, 9.17) is 5.11 Å². The predicted molar refractivity (Wildman–Crippen MR) is 77.7 cm³/mol.